The number of halogens is 3. The molecule has 2 rings (SSSR count). The first-order valence-corrected chi connectivity index (χ1v) is 7.42. The maximum Gasteiger partial charge on any atom is 0.0653 e. The summed E-state index contributed by atoms with van der Waals surface area (Å²) >= 11 is 18.1. The molecular formula is C14H18Cl3N. The van der Waals surface area contributed by atoms with Crippen molar-refractivity contribution in [3.8, 4) is 0 Å². The van der Waals surface area contributed by atoms with Crippen LogP contribution in [0.4, 0.5) is 5.69 Å². The smallest absolute Gasteiger partial charge is 0.0653 e. The average Bonchev–Trinajstić information content (AvgIpc) is 2.24. The second kappa shape index (κ2) is 5.48. The Morgan fingerprint density at radius 2 is 1.78 bits per heavy atom. The molecule has 0 heterocycles. The lowest BCUT2D eigenvalue weighted by Gasteiger charge is -2.36. The van der Waals surface area contributed by atoms with Crippen molar-refractivity contribution in [2.75, 3.05) is 5.32 Å². The minimum Gasteiger partial charge on any atom is -0.381 e. The van der Waals surface area contributed by atoms with Crippen LogP contribution in [0, 0.1) is 5.41 Å². The third-order valence-corrected chi connectivity index (χ3v) is 4.61. The topological polar surface area (TPSA) is 12.0 Å². The number of rotatable bonds is 2. The quantitative estimate of drug-likeness (QED) is 0.658. The van der Waals surface area contributed by atoms with E-state index in [4.69, 9.17) is 34.8 Å². The Morgan fingerprint density at radius 3 is 2.44 bits per heavy atom. The summed E-state index contributed by atoms with van der Waals surface area (Å²) in [6, 6.07) is 3.97. The Labute approximate surface area is 124 Å². The number of nitrogens with one attached hydrogen (secondary N) is 1. The monoisotopic (exact) mass is 305 g/mol. The highest BCUT2D eigenvalue weighted by molar-refractivity contribution is 6.44. The Morgan fingerprint density at radius 1 is 1.11 bits per heavy atom. The van der Waals surface area contributed by atoms with E-state index >= 15 is 0 Å². The van der Waals surface area contributed by atoms with E-state index in [9.17, 15) is 0 Å². The van der Waals surface area contributed by atoms with Crippen molar-refractivity contribution in [3.63, 3.8) is 0 Å². The van der Waals surface area contributed by atoms with Gasteiger partial charge in [0.05, 0.1) is 20.8 Å². The molecule has 1 atom stereocenters. The molecule has 0 spiro atoms. The van der Waals surface area contributed by atoms with Gasteiger partial charge >= 0.3 is 0 Å². The van der Waals surface area contributed by atoms with E-state index in [1.54, 1.807) is 6.07 Å². The molecule has 1 saturated carbocycles. The first kappa shape index (κ1) is 14.3. The fourth-order valence-corrected chi connectivity index (χ4v) is 3.28. The molecule has 1 nitrogen and oxygen atoms in total. The van der Waals surface area contributed by atoms with Crippen molar-refractivity contribution in [2.24, 2.45) is 5.41 Å². The van der Waals surface area contributed by atoms with Crippen LogP contribution in [-0.2, 0) is 0 Å². The van der Waals surface area contributed by atoms with Crippen LogP contribution < -0.4 is 5.32 Å². The predicted molar refractivity (Wildman–Crippen MR) is 81.1 cm³/mol. The summed E-state index contributed by atoms with van der Waals surface area (Å²) in [6.45, 7) is 4.63. The van der Waals surface area contributed by atoms with Crippen molar-refractivity contribution in [1.29, 1.82) is 0 Å². The summed E-state index contributed by atoms with van der Waals surface area (Å²) in [5.41, 5.74) is 1.28. The van der Waals surface area contributed by atoms with Crippen LogP contribution in [-0.4, -0.2) is 6.04 Å². The molecule has 1 aliphatic rings. The third-order valence-electron chi connectivity index (χ3n) is 3.57. The normalized spacial score (nSPS) is 22.8. The molecule has 0 saturated heterocycles. The summed E-state index contributed by atoms with van der Waals surface area (Å²) < 4.78 is 0. The summed E-state index contributed by atoms with van der Waals surface area (Å²) in [7, 11) is 0. The largest absolute Gasteiger partial charge is 0.381 e. The van der Waals surface area contributed by atoms with Crippen LogP contribution in [0.15, 0.2) is 12.1 Å². The molecule has 1 aliphatic carbocycles. The zero-order valence-electron chi connectivity index (χ0n) is 10.7. The van der Waals surface area contributed by atoms with Crippen LogP contribution in [0.5, 0.6) is 0 Å². The van der Waals surface area contributed by atoms with Gasteiger partial charge in [-0.05, 0) is 36.8 Å². The first-order chi connectivity index (χ1) is 8.37. The van der Waals surface area contributed by atoms with Gasteiger partial charge in [0, 0.05) is 6.04 Å². The van der Waals surface area contributed by atoms with Gasteiger partial charge in [-0.15, -0.1) is 0 Å². The van der Waals surface area contributed by atoms with E-state index in [1.165, 1.54) is 19.3 Å². The zero-order valence-corrected chi connectivity index (χ0v) is 13.0. The van der Waals surface area contributed by atoms with Gasteiger partial charge in [0.2, 0.25) is 0 Å². The summed E-state index contributed by atoms with van der Waals surface area (Å²) in [4.78, 5) is 0. The van der Waals surface area contributed by atoms with Gasteiger partial charge in [-0.1, -0.05) is 55.1 Å². The van der Waals surface area contributed by atoms with Crippen LogP contribution in [0.2, 0.25) is 15.1 Å². The van der Waals surface area contributed by atoms with Crippen molar-refractivity contribution in [1.82, 2.24) is 0 Å². The Balaban J connectivity index is 2.12. The van der Waals surface area contributed by atoms with Crippen molar-refractivity contribution >= 4 is 40.5 Å². The lowest BCUT2D eigenvalue weighted by atomic mass is 9.75. The minimum atomic E-state index is 0.401. The second-order valence-corrected chi connectivity index (χ2v) is 7.07. The van der Waals surface area contributed by atoms with Crippen LogP contribution in [0.3, 0.4) is 0 Å². The summed E-state index contributed by atoms with van der Waals surface area (Å²) in [6.07, 6.45) is 4.88. The van der Waals surface area contributed by atoms with Crippen molar-refractivity contribution in [3.05, 3.63) is 27.2 Å². The highest BCUT2D eigenvalue weighted by Crippen LogP contribution is 2.38. The molecule has 1 fully saturated rings. The molecule has 0 aliphatic heterocycles. The maximum absolute atomic E-state index is 6.19. The van der Waals surface area contributed by atoms with E-state index in [0.717, 1.165) is 12.1 Å². The number of hydrogen-bond acceptors (Lipinski definition) is 1. The van der Waals surface area contributed by atoms with E-state index in [2.05, 4.69) is 19.2 Å². The molecule has 1 N–H and O–H groups in total. The summed E-state index contributed by atoms with van der Waals surface area (Å²) in [5, 5.41) is 5.17. The van der Waals surface area contributed by atoms with Crippen LogP contribution >= 0.6 is 34.8 Å². The maximum atomic E-state index is 6.19. The molecule has 18 heavy (non-hydrogen) atoms. The van der Waals surface area contributed by atoms with Gasteiger partial charge in [-0.3, -0.25) is 0 Å². The Kier molecular flexibility index (Phi) is 4.36. The molecule has 1 aromatic rings. The van der Waals surface area contributed by atoms with Crippen molar-refractivity contribution < 1.29 is 0 Å². The fraction of sp³-hybridized carbons (Fsp3) is 0.571. The standard InChI is InChI=1S/C14H18Cl3N/c1-14(2)5-3-4-9(8-14)18-13-7-11(16)10(15)6-12(13)17/h6-7,9,18H,3-5,8H2,1-2H3. The van der Waals surface area contributed by atoms with Gasteiger partial charge < -0.3 is 5.32 Å². The molecule has 0 bridgehead atoms. The highest BCUT2D eigenvalue weighted by atomic mass is 35.5. The van der Waals surface area contributed by atoms with Crippen molar-refractivity contribution in [2.45, 2.75) is 45.6 Å². The lowest BCUT2D eigenvalue weighted by molar-refractivity contribution is 0.229. The molecule has 1 aromatic carbocycles. The van der Waals surface area contributed by atoms with Gasteiger partial charge in [0.1, 0.15) is 0 Å². The number of hydrogen-bond donors (Lipinski definition) is 1. The SMILES string of the molecule is CC1(C)CCCC(Nc2cc(Cl)c(Cl)cc2Cl)C1. The third kappa shape index (κ3) is 3.46. The van der Waals surface area contributed by atoms with Crippen LogP contribution in [0.1, 0.15) is 39.5 Å². The molecular weight excluding hydrogens is 289 g/mol. The van der Waals surface area contributed by atoms with E-state index in [1.807, 2.05) is 6.07 Å². The van der Waals surface area contributed by atoms with Gasteiger partial charge in [0.15, 0.2) is 0 Å². The zero-order chi connectivity index (χ0) is 13.3. The van der Waals surface area contributed by atoms with Gasteiger partial charge in [-0.25, -0.2) is 0 Å². The lowest BCUT2D eigenvalue weighted by Crippen LogP contribution is -2.31. The molecule has 0 amide bonds. The van der Waals surface area contributed by atoms with Gasteiger partial charge in [-0.2, -0.15) is 0 Å². The molecule has 100 valence electrons. The predicted octanol–water partition coefficient (Wildman–Crippen LogP) is 6.03. The highest BCUT2D eigenvalue weighted by Gasteiger charge is 2.28. The second-order valence-electron chi connectivity index (χ2n) is 5.85. The molecule has 0 radical (unpaired) electrons. The fourth-order valence-electron chi connectivity index (χ4n) is 2.67. The van der Waals surface area contributed by atoms with Gasteiger partial charge in [0.25, 0.3) is 0 Å². The van der Waals surface area contributed by atoms with E-state index < -0.39 is 0 Å². The minimum absolute atomic E-state index is 0.401. The molecule has 1 unspecified atom stereocenters. The average molecular weight is 307 g/mol. The number of benzene rings is 1. The molecule has 0 aromatic heterocycles. The van der Waals surface area contributed by atoms with E-state index in [-0.39, 0.29) is 0 Å². The Hall–Kier alpha value is -0.110. The first-order valence-electron chi connectivity index (χ1n) is 6.28. The summed E-state index contributed by atoms with van der Waals surface area (Å²) in [5.74, 6) is 0. The Bertz CT molecular complexity index is 443. The number of anilines is 1. The molecule has 4 heteroatoms. The van der Waals surface area contributed by atoms with Crippen LogP contribution in [0.25, 0.3) is 0 Å². The van der Waals surface area contributed by atoms with E-state index in [0.29, 0.717) is 26.5 Å².